The van der Waals surface area contributed by atoms with Gasteiger partial charge in [0.1, 0.15) is 12.1 Å². The van der Waals surface area contributed by atoms with Crippen LogP contribution in [0.15, 0.2) is 95.9 Å². The summed E-state index contributed by atoms with van der Waals surface area (Å²) in [5, 5.41) is 9.05. The van der Waals surface area contributed by atoms with Crippen molar-refractivity contribution < 1.29 is 4.79 Å². The zero-order valence-electron chi connectivity index (χ0n) is 18.3. The highest BCUT2D eigenvalue weighted by atomic mass is 16.2. The molecule has 0 saturated carbocycles. The van der Waals surface area contributed by atoms with Crippen molar-refractivity contribution in [3.8, 4) is 0 Å². The number of fused-ring (bicyclic) bond motifs is 3. The van der Waals surface area contributed by atoms with Crippen molar-refractivity contribution in [1.29, 1.82) is 0 Å². The van der Waals surface area contributed by atoms with E-state index >= 15 is 0 Å². The zero-order valence-corrected chi connectivity index (χ0v) is 18.3. The van der Waals surface area contributed by atoms with Crippen LogP contribution in [0, 0.1) is 0 Å². The molecular weight excluding hydrogens is 412 g/mol. The number of amides is 1. The van der Waals surface area contributed by atoms with E-state index in [1.807, 2.05) is 96.4 Å². The van der Waals surface area contributed by atoms with Crippen LogP contribution < -0.4 is 10.9 Å². The topological polar surface area (TPSA) is 68.9 Å². The van der Waals surface area contributed by atoms with E-state index in [0.29, 0.717) is 12.1 Å². The Morgan fingerprint density at radius 2 is 1.58 bits per heavy atom. The molecule has 2 aromatic heterocycles. The number of hydrogen-bond donors (Lipinski definition) is 1. The first-order chi connectivity index (χ1) is 16.1. The average Bonchev–Trinajstić information content (AvgIpc) is 3.16. The van der Waals surface area contributed by atoms with Crippen molar-refractivity contribution in [3.63, 3.8) is 0 Å². The summed E-state index contributed by atoms with van der Waals surface area (Å²) in [6, 6.07) is 27.5. The number of benzene rings is 3. The molecule has 0 unspecified atom stereocenters. The maximum Gasteiger partial charge on any atom is 0.291 e. The molecule has 0 spiro atoms. The second-order valence-electron chi connectivity index (χ2n) is 8.16. The summed E-state index contributed by atoms with van der Waals surface area (Å²) in [7, 11) is 0. The molecule has 1 amide bonds. The SMILES string of the molecule is C[C@@H](NC(=O)Cn1ncc2c3ccccc3n(Cc3ccccc3)c2c1=O)c1ccccc1. The van der Waals surface area contributed by atoms with Crippen LogP contribution >= 0.6 is 0 Å². The molecule has 1 N–H and O–H groups in total. The molecule has 6 heteroatoms. The summed E-state index contributed by atoms with van der Waals surface area (Å²) in [5.41, 5.74) is 3.35. The van der Waals surface area contributed by atoms with E-state index in [9.17, 15) is 9.59 Å². The van der Waals surface area contributed by atoms with E-state index in [-0.39, 0.29) is 24.1 Å². The van der Waals surface area contributed by atoms with Gasteiger partial charge in [-0.05, 0) is 24.1 Å². The molecule has 164 valence electrons. The van der Waals surface area contributed by atoms with Crippen molar-refractivity contribution in [2.75, 3.05) is 0 Å². The van der Waals surface area contributed by atoms with Crippen molar-refractivity contribution in [1.82, 2.24) is 19.7 Å². The number of carbonyl (C=O) groups is 1. The first-order valence-electron chi connectivity index (χ1n) is 11.0. The Kier molecular flexibility index (Phi) is 5.48. The highest BCUT2D eigenvalue weighted by Gasteiger charge is 2.18. The Balaban J connectivity index is 1.51. The molecule has 3 aromatic carbocycles. The Morgan fingerprint density at radius 3 is 2.33 bits per heavy atom. The van der Waals surface area contributed by atoms with Crippen LogP contribution in [0.4, 0.5) is 0 Å². The van der Waals surface area contributed by atoms with Gasteiger partial charge in [-0.3, -0.25) is 9.59 Å². The molecule has 5 rings (SSSR count). The number of rotatable bonds is 6. The lowest BCUT2D eigenvalue weighted by Gasteiger charge is -2.14. The summed E-state index contributed by atoms with van der Waals surface area (Å²) < 4.78 is 3.26. The molecule has 0 aliphatic rings. The summed E-state index contributed by atoms with van der Waals surface area (Å²) in [6.45, 7) is 2.34. The summed E-state index contributed by atoms with van der Waals surface area (Å²) in [5.74, 6) is -0.258. The van der Waals surface area contributed by atoms with Gasteiger partial charge in [0.15, 0.2) is 0 Å². The fourth-order valence-electron chi connectivity index (χ4n) is 4.28. The number of nitrogens with one attached hydrogen (secondary N) is 1. The standard InChI is InChI=1S/C27H24N4O2/c1-19(21-12-6-3-7-13-21)29-25(32)18-31-27(33)26-23(16-28-31)22-14-8-9-15-24(22)30(26)17-20-10-4-2-5-11-20/h2-16,19H,17-18H2,1H3,(H,29,32)/t19-/m1/s1. The molecule has 2 heterocycles. The highest BCUT2D eigenvalue weighted by molar-refractivity contribution is 6.07. The fraction of sp³-hybridized carbons (Fsp3) is 0.148. The Bertz CT molecular complexity index is 1490. The van der Waals surface area contributed by atoms with Gasteiger partial charge < -0.3 is 9.88 Å². The van der Waals surface area contributed by atoms with E-state index in [2.05, 4.69) is 10.4 Å². The Labute approximate surface area is 191 Å². The van der Waals surface area contributed by atoms with Crippen molar-refractivity contribution in [2.45, 2.75) is 26.1 Å². The monoisotopic (exact) mass is 436 g/mol. The fourth-order valence-corrected chi connectivity index (χ4v) is 4.28. The zero-order chi connectivity index (χ0) is 22.8. The van der Waals surface area contributed by atoms with E-state index in [1.54, 1.807) is 6.20 Å². The Hall–Kier alpha value is -4.19. The minimum atomic E-state index is -0.276. The molecule has 0 aliphatic carbocycles. The van der Waals surface area contributed by atoms with E-state index in [1.165, 1.54) is 4.68 Å². The van der Waals surface area contributed by atoms with E-state index in [4.69, 9.17) is 0 Å². The minimum Gasteiger partial charge on any atom is -0.348 e. The maximum atomic E-state index is 13.5. The van der Waals surface area contributed by atoms with Crippen LogP contribution in [-0.2, 0) is 17.9 Å². The van der Waals surface area contributed by atoms with E-state index in [0.717, 1.165) is 27.4 Å². The number of carbonyl (C=O) groups excluding carboxylic acids is 1. The van der Waals surface area contributed by atoms with Crippen LogP contribution in [0.1, 0.15) is 24.1 Å². The van der Waals surface area contributed by atoms with Gasteiger partial charge in [0.25, 0.3) is 5.56 Å². The summed E-state index contributed by atoms with van der Waals surface area (Å²) >= 11 is 0. The van der Waals surface area contributed by atoms with Crippen LogP contribution in [0.5, 0.6) is 0 Å². The molecule has 0 radical (unpaired) electrons. The number of hydrogen-bond acceptors (Lipinski definition) is 3. The summed E-state index contributed by atoms with van der Waals surface area (Å²) in [6.07, 6.45) is 1.69. The number of para-hydroxylation sites is 1. The molecule has 6 nitrogen and oxygen atoms in total. The van der Waals surface area contributed by atoms with Crippen molar-refractivity contribution in [2.24, 2.45) is 0 Å². The lowest BCUT2D eigenvalue weighted by atomic mass is 10.1. The second kappa shape index (κ2) is 8.74. The van der Waals surface area contributed by atoms with Gasteiger partial charge in [-0.15, -0.1) is 0 Å². The first-order valence-corrected chi connectivity index (χ1v) is 11.0. The van der Waals surface area contributed by atoms with Gasteiger partial charge in [0.05, 0.1) is 12.2 Å². The minimum absolute atomic E-state index is 0.140. The van der Waals surface area contributed by atoms with Crippen molar-refractivity contribution >= 4 is 27.7 Å². The van der Waals surface area contributed by atoms with Crippen LogP contribution in [0.2, 0.25) is 0 Å². The predicted molar refractivity (Wildman–Crippen MR) is 130 cm³/mol. The van der Waals surface area contributed by atoms with Crippen molar-refractivity contribution in [3.05, 3.63) is 113 Å². The quantitative estimate of drug-likeness (QED) is 0.432. The molecule has 33 heavy (non-hydrogen) atoms. The van der Waals surface area contributed by atoms with Gasteiger partial charge in [0.2, 0.25) is 5.91 Å². The van der Waals surface area contributed by atoms with Gasteiger partial charge in [0, 0.05) is 22.8 Å². The molecule has 0 fully saturated rings. The van der Waals surface area contributed by atoms with Gasteiger partial charge >= 0.3 is 0 Å². The first kappa shape index (κ1) is 20.7. The molecule has 1 atom stereocenters. The molecule has 0 aliphatic heterocycles. The maximum absolute atomic E-state index is 13.5. The van der Waals surface area contributed by atoms with Crippen LogP contribution in [0.3, 0.4) is 0 Å². The molecular formula is C27H24N4O2. The largest absolute Gasteiger partial charge is 0.348 e. The van der Waals surface area contributed by atoms with Crippen LogP contribution in [0.25, 0.3) is 21.8 Å². The second-order valence-corrected chi connectivity index (χ2v) is 8.16. The lowest BCUT2D eigenvalue weighted by molar-refractivity contribution is -0.122. The number of aromatic nitrogens is 3. The molecule has 0 saturated heterocycles. The van der Waals surface area contributed by atoms with E-state index < -0.39 is 0 Å². The Morgan fingerprint density at radius 1 is 0.909 bits per heavy atom. The number of nitrogens with zero attached hydrogens (tertiary/aromatic N) is 3. The third-order valence-electron chi connectivity index (χ3n) is 5.93. The summed E-state index contributed by atoms with van der Waals surface area (Å²) in [4.78, 5) is 26.2. The van der Waals surface area contributed by atoms with Gasteiger partial charge in [-0.1, -0.05) is 78.9 Å². The van der Waals surface area contributed by atoms with Gasteiger partial charge in [-0.25, -0.2) is 4.68 Å². The normalized spacial score (nSPS) is 12.2. The van der Waals surface area contributed by atoms with Gasteiger partial charge in [-0.2, -0.15) is 5.10 Å². The average molecular weight is 437 g/mol. The smallest absolute Gasteiger partial charge is 0.291 e. The predicted octanol–water partition coefficient (Wildman–Crippen LogP) is 4.28. The van der Waals surface area contributed by atoms with Crippen LogP contribution in [-0.4, -0.2) is 20.3 Å². The lowest BCUT2D eigenvalue weighted by Crippen LogP contribution is -2.35. The molecule has 5 aromatic rings. The highest BCUT2D eigenvalue weighted by Crippen LogP contribution is 2.27. The molecule has 0 bridgehead atoms. The third kappa shape index (κ3) is 4.03. The third-order valence-corrected chi connectivity index (χ3v) is 5.93.